The highest BCUT2D eigenvalue weighted by Crippen LogP contribution is 2.14. The van der Waals surface area contributed by atoms with E-state index in [2.05, 4.69) is 5.43 Å². The fourth-order valence-electron chi connectivity index (χ4n) is 0.819. The molecule has 0 aliphatic heterocycles. The molecule has 0 aliphatic carbocycles. The molecule has 0 aliphatic rings. The van der Waals surface area contributed by atoms with Gasteiger partial charge in [0.1, 0.15) is 0 Å². The Hall–Kier alpha value is -2.05. The predicted molar refractivity (Wildman–Crippen MR) is 47.1 cm³/mol. The monoisotopic (exact) mass is 231 g/mol. The van der Waals surface area contributed by atoms with Gasteiger partial charge in [-0.2, -0.15) is 13.2 Å². The minimum absolute atomic E-state index is 0.112. The second kappa shape index (κ2) is 4.65. The number of hydrogen-bond acceptors (Lipinski definition) is 2. The van der Waals surface area contributed by atoms with Gasteiger partial charge in [0, 0.05) is 5.56 Å². The van der Waals surface area contributed by atoms with Gasteiger partial charge in [0.15, 0.2) is 0 Å². The first-order valence-electron chi connectivity index (χ1n) is 4.08. The largest absolute Gasteiger partial charge is 0.475 e. The number of amides is 2. The lowest BCUT2D eigenvalue weighted by molar-refractivity contribution is -0.174. The van der Waals surface area contributed by atoms with Crippen molar-refractivity contribution in [2.45, 2.75) is 6.18 Å². The van der Waals surface area contributed by atoms with Gasteiger partial charge in [0.2, 0.25) is 0 Å². The number of rotatable bonds is 1. The molecule has 0 spiro atoms. The molecule has 0 atom stereocenters. The van der Waals surface area contributed by atoms with Crippen LogP contribution in [0.4, 0.5) is 13.2 Å². The molecular formula is C9H6F3N2O2. The zero-order valence-corrected chi connectivity index (χ0v) is 7.78. The number of hydrogen-bond donors (Lipinski definition) is 1. The molecule has 0 heterocycles. The number of carbonyl (C=O) groups excluding carboxylic acids is 2. The molecule has 1 rings (SSSR count). The topological polar surface area (TPSA) is 60.3 Å². The lowest BCUT2D eigenvalue weighted by atomic mass is 10.2. The van der Waals surface area contributed by atoms with E-state index in [0.717, 1.165) is 0 Å². The van der Waals surface area contributed by atoms with Crippen LogP contribution in [0, 0.1) is 0 Å². The summed E-state index contributed by atoms with van der Waals surface area (Å²) >= 11 is 0. The molecule has 4 nitrogen and oxygen atoms in total. The normalized spacial score (nSPS) is 10.7. The van der Waals surface area contributed by atoms with Crippen molar-refractivity contribution in [3.63, 3.8) is 0 Å². The predicted octanol–water partition coefficient (Wildman–Crippen LogP) is 1.02. The molecule has 7 heteroatoms. The van der Waals surface area contributed by atoms with E-state index >= 15 is 0 Å². The van der Waals surface area contributed by atoms with Crippen molar-refractivity contribution in [2.75, 3.05) is 0 Å². The van der Waals surface area contributed by atoms with E-state index in [9.17, 15) is 22.8 Å². The highest BCUT2D eigenvalue weighted by molar-refractivity contribution is 5.95. The maximum absolute atomic E-state index is 11.7. The Morgan fingerprint density at radius 1 is 1.12 bits per heavy atom. The number of nitrogens with one attached hydrogen (secondary N) is 1. The molecule has 0 bridgehead atoms. The first-order valence-corrected chi connectivity index (χ1v) is 4.08. The van der Waals surface area contributed by atoms with Gasteiger partial charge in [-0.05, 0) is 12.1 Å². The third-order valence-electron chi connectivity index (χ3n) is 1.54. The SMILES string of the molecule is O=C(N[N]C(=O)C(F)(F)F)c1ccccc1. The van der Waals surface area contributed by atoms with E-state index in [1.54, 1.807) is 6.07 Å². The van der Waals surface area contributed by atoms with Gasteiger partial charge in [-0.15, -0.1) is 5.43 Å². The van der Waals surface area contributed by atoms with Crippen molar-refractivity contribution in [2.24, 2.45) is 0 Å². The summed E-state index contributed by atoms with van der Waals surface area (Å²) in [5.74, 6) is -3.23. The van der Waals surface area contributed by atoms with Crippen molar-refractivity contribution in [1.29, 1.82) is 0 Å². The summed E-state index contributed by atoms with van der Waals surface area (Å²) in [7, 11) is 0. The summed E-state index contributed by atoms with van der Waals surface area (Å²) in [5, 5.41) is 0. The lowest BCUT2D eigenvalue weighted by Gasteiger charge is -2.05. The number of benzene rings is 1. The summed E-state index contributed by atoms with van der Waals surface area (Å²) in [6.07, 6.45) is -5.08. The van der Waals surface area contributed by atoms with Crippen LogP contribution < -0.4 is 10.9 Å². The van der Waals surface area contributed by atoms with Crippen LogP contribution in [-0.4, -0.2) is 18.0 Å². The van der Waals surface area contributed by atoms with Crippen LogP contribution >= 0.6 is 0 Å². The van der Waals surface area contributed by atoms with Gasteiger partial charge in [-0.25, -0.2) is 5.43 Å². The van der Waals surface area contributed by atoms with Crippen molar-refractivity contribution >= 4 is 11.8 Å². The van der Waals surface area contributed by atoms with E-state index in [1.165, 1.54) is 29.7 Å². The van der Waals surface area contributed by atoms with Gasteiger partial charge in [-0.1, -0.05) is 18.2 Å². The molecule has 0 fully saturated rings. The molecule has 85 valence electrons. The third-order valence-corrected chi connectivity index (χ3v) is 1.54. The highest BCUT2D eigenvalue weighted by atomic mass is 19.4. The van der Waals surface area contributed by atoms with Crippen molar-refractivity contribution in [3.05, 3.63) is 35.9 Å². The average molecular weight is 231 g/mol. The molecular weight excluding hydrogens is 225 g/mol. The molecule has 1 aromatic rings. The van der Waals surface area contributed by atoms with Crippen molar-refractivity contribution < 1.29 is 22.8 Å². The second-order valence-electron chi connectivity index (χ2n) is 2.72. The van der Waals surface area contributed by atoms with Gasteiger partial charge in [-0.3, -0.25) is 9.59 Å². The van der Waals surface area contributed by atoms with Gasteiger partial charge in [0.05, 0.1) is 0 Å². The Balaban J connectivity index is 2.52. The van der Waals surface area contributed by atoms with Crippen LogP contribution in [0.1, 0.15) is 10.4 Å². The zero-order chi connectivity index (χ0) is 12.2. The first-order chi connectivity index (χ1) is 7.41. The standard InChI is InChI=1S/C9H6F3N2O2/c10-9(11,12)8(16)14-13-7(15)6-4-2-1-3-5-6/h1-5H,(H,13,15). The first kappa shape index (κ1) is 12.0. The van der Waals surface area contributed by atoms with E-state index in [-0.39, 0.29) is 5.56 Å². The van der Waals surface area contributed by atoms with Crippen molar-refractivity contribution in [3.8, 4) is 0 Å². The maximum atomic E-state index is 11.7. The Morgan fingerprint density at radius 3 is 2.19 bits per heavy atom. The molecule has 2 amide bonds. The third kappa shape index (κ3) is 3.26. The summed E-state index contributed by atoms with van der Waals surface area (Å²) in [6, 6.07) is 7.45. The van der Waals surface area contributed by atoms with Crippen LogP contribution in [-0.2, 0) is 4.79 Å². The lowest BCUT2D eigenvalue weighted by Crippen LogP contribution is -2.42. The second-order valence-corrected chi connectivity index (χ2v) is 2.72. The van der Waals surface area contributed by atoms with E-state index in [4.69, 9.17) is 0 Å². The Bertz CT molecular complexity index is 389. The average Bonchev–Trinajstić information content (AvgIpc) is 2.25. The van der Waals surface area contributed by atoms with Crippen LogP contribution in [0.15, 0.2) is 30.3 Å². The van der Waals surface area contributed by atoms with Crippen LogP contribution in [0.2, 0.25) is 0 Å². The quantitative estimate of drug-likeness (QED) is 0.733. The van der Waals surface area contributed by atoms with Crippen LogP contribution in [0.3, 0.4) is 0 Å². The molecule has 0 unspecified atom stereocenters. The summed E-state index contributed by atoms with van der Waals surface area (Å²) < 4.78 is 35.1. The van der Waals surface area contributed by atoms with Crippen LogP contribution in [0.5, 0.6) is 0 Å². The van der Waals surface area contributed by atoms with E-state index < -0.39 is 18.0 Å². The fourth-order valence-corrected chi connectivity index (χ4v) is 0.819. The molecule has 1 aromatic carbocycles. The Labute approximate surface area is 88.4 Å². The Morgan fingerprint density at radius 2 is 1.69 bits per heavy atom. The maximum Gasteiger partial charge on any atom is 0.475 e. The highest BCUT2D eigenvalue weighted by Gasteiger charge is 2.40. The molecule has 0 aromatic heterocycles. The number of alkyl halides is 3. The Kier molecular flexibility index (Phi) is 3.49. The van der Waals surface area contributed by atoms with E-state index in [1.807, 2.05) is 0 Å². The summed E-state index contributed by atoms with van der Waals surface area (Å²) in [6.45, 7) is 0. The minimum atomic E-state index is -5.08. The van der Waals surface area contributed by atoms with Crippen LogP contribution in [0.25, 0.3) is 0 Å². The zero-order valence-electron chi connectivity index (χ0n) is 7.78. The summed E-state index contributed by atoms with van der Waals surface area (Å²) in [5.41, 5.74) is 4.04. The molecule has 0 saturated heterocycles. The molecule has 1 radical (unpaired) electrons. The van der Waals surface area contributed by atoms with Gasteiger partial charge < -0.3 is 0 Å². The molecule has 16 heavy (non-hydrogen) atoms. The molecule has 0 saturated carbocycles. The number of carbonyl (C=O) groups is 2. The number of halogens is 3. The molecule has 1 N–H and O–H groups in total. The minimum Gasteiger partial charge on any atom is -0.267 e. The van der Waals surface area contributed by atoms with Crippen molar-refractivity contribution in [1.82, 2.24) is 10.9 Å². The summed E-state index contributed by atoms with van der Waals surface area (Å²) in [4.78, 5) is 21.4. The van der Waals surface area contributed by atoms with E-state index in [0.29, 0.717) is 0 Å². The van der Waals surface area contributed by atoms with Gasteiger partial charge >= 0.3 is 12.1 Å². The smallest absolute Gasteiger partial charge is 0.267 e. The fraction of sp³-hybridized carbons (Fsp3) is 0.111. The van der Waals surface area contributed by atoms with Gasteiger partial charge in [0.25, 0.3) is 5.91 Å². The number of nitrogens with zero attached hydrogens (tertiary/aromatic N) is 1.